The summed E-state index contributed by atoms with van der Waals surface area (Å²) in [6.07, 6.45) is 12.7. The topological polar surface area (TPSA) is 26.3 Å². The zero-order valence-electron chi connectivity index (χ0n) is 14.4. The third-order valence-corrected chi connectivity index (χ3v) is 8.32. The average molecular weight is 302 g/mol. The number of rotatable bonds is 3. The Labute approximate surface area is 134 Å². The maximum atomic E-state index is 11.3. The van der Waals surface area contributed by atoms with Gasteiger partial charge in [-0.1, -0.05) is 27.2 Å². The minimum atomic E-state index is -0.138. The van der Waals surface area contributed by atoms with E-state index < -0.39 is 0 Å². The summed E-state index contributed by atoms with van der Waals surface area (Å²) < 4.78 is 5.08. The largest absolute Gasteiger partial charge is 0.458 e. The van der Waals surface area contributed by atoms with Crippen molar-refractivity contribution in [2.24, 2.45) is 28.1 Å². The summed E-state index contributed by atoms with van der Waals surface area (Å²) in [5.41, 5.74) is 2.99. The number of esters is 1. The molecule has 0 aromatic rings. The van der Waals surface area contributed by atoms with Gasteiger partial charge in [-0.25, -0.2) is 4.79 Å². The van der Waals surface area contributed by atoms with Crippen LogP contribution < -0.4 is 0 Å². The lowest BCUT2D eigenvalue weighted by Crippen LogP contribution is -2.47. The molecule has 0 saturated heterocycles. The molecule has 1 spiro atoms. The number of hydrogen-bond acceptors (Lipinski definition) is 2. The van der Waals surface area contributed by atoms with Crippen LogP contribution in [-0.4, -0.2) is 12.6 Å². The van der Waals surface area contributed by atoms with Crippen LogP contribution in [-0.2, 0) is 9.53 Å². The van der Waals surface area contributed by atoms with Crippen molar-refractivity contribution in [1.82, 2.24) is 0 Å². The van der Waals surface area contributed by atoms with Gasteiger partial charge in [0.05, 0.1) is 0 Å². The first-order valence-electron chi connectivity index (χ1n) is 9.26. The number of ether oxygens (including phenoxy) is 1. The first-order chi connectivity index (χ1) is 10.4. The minimum Gasteiger partial charge on any atom is -0.458 e. The quantitative estimate of drug-likeness (QED) is 0.694. The third-order valence-electron chi connectivity index (χ3n) is 8.32. The highest BCUT2D eigenvalue weighted by Gasteiger charge is 2.72. The SMILES string of the molecule is C[C@@H]1CC[C@@]23C[C@]2(C)CCC[C@@H]3[C@@]1(C)CCC1=CC(=O)OC1. The molecule has 4 rings (SSSR count). The second kappa shape index (κ2) is 4.61. The van der Waals surface area contributed by atoms with E-state index >= 15 is 0 Å². The van der Waals surface area contributed by atoms with Gasteiger partial charge in [-0.05, 0) is 78.6 Å². The van der Waals surface area contributed by atoms with Gasteiger partial charge in [-0.2, -0.15) is 0 Å². The molecular formula is C20H30O2. The van der Waals surface area contributed by atoms with E-state index in [2.05, 4.69) is 20.8 Å². The lowest BCUT2D eigenvalue weighted by molar-refractivity contribution is -0.134. The summed E-state index contributed by atoms with van der Waals surface area (Å²) in [5.74, 6) is 1.58. The fourth-order valence-electron chi connectivity index (χ4n) is 6.59. The van der Waals surface area contributed by atoms with E-state index in [1.165, 1.54) is 50.5 Å². The Balaban J connectivity index is 1.55. The predicted molar refractivity (Wildman–Crippen MR) is 87.3 cm³/mol. The molecule has 0 aromatic carbocycles. The molecule has 0 unspecified atom stereocenters. The van der Waals surface area contributed by atoms with Crippen molar-refractivity contribution >= 4 is 5.97 Å². The smallest absolute Gasteiger partial charge is 0.331 e. The molecule has 0 radical (unpaired) electrons. The standard InChI is InChI=1S/C20H30O2/c1-14-6-10-20-13-18(20,2)8-4-5-16(20)19(14,3)9-7-15-11-17(21)22-12-15/h11,14,16H,4-10,12-13H2,1-3H3/t14-,16-,18+,19+,20+/m1/s1. The van der Waals surface area contributed by atoms with E-state index in [1.54, 1.807) is 6.08 Å². The third kappa shape index (κ3) is 1.88. The lowest BCUT2D eigenvalue weighted by Gasteiger charge is -2.55. The Morgan fingerprint density at radius 1 is 1.27 bits per heavy atom. The molecule has 1 aliphatic heterocycles. The van der Waals surface area contributed by atoms with Crippen LogP contribution in [0.5, 0.6) is 0 Å². The summed E-state index contributed by atoms with van der Waals surface area (Å²) in [6, 6.07) is 0. The summed E-state index contributed by atoms with van der Waals surface area (Å²) in [6.45, 7) is 8.13. The Kier molecular flexibility index (Phi) is 3.10. The monoisotopic (exact) mass is 302 g/mol. The number of hydrogen-bond donors (Lipinski definition) is 0. The fourth-order valence-corrected chi connectivity index (χ4v) is 6.59. The molecule has 3 fully saturated rings. The predicted octanol–water partition coefficient (Wildman–Crippen LogP) is 4.88. The van der Waals surface area contributed by atoms with Crippen molar-refractivity contribution in [2.75, 3.05) is 6.61 Å². The van der Waals surface area contributed by atoms with Crippen molar-refractivity contribution < 1.29 is 9.53 Å². The van der Waals surface area contributed by atoms with Gasteiger partial charge in [0.1, 0.15) is 6.61 Å². The van der Waals surface area contributed by atoms with Gasteiger partial charge in [0.15, 0.2) is 0 Å². The molecule has 5 atom stereocenters. The highest BCUT2D eigenvalue weighted by atomic mass is 16.5. The molecule has 4 aliphatic rings. The number of carbonyl (C=O) groups excluding carboxylic acids is 1. The van der Waals surface area contributed by atoms with Crippen LogP contribution in [0.25, 0.3) is 0 Å². The van der Waals surface area contributed by atoms with Crippen LogP contribution in [0.4, 0.5) is 0 Å². The lowest BCUT2D eigenvalue weighted by atomic mass is 9.50. The summed E-state index contributed by atoms with van der Waals surface area (Å²) >= 11 is 0. The second-order valence-corrected chi connectivity index (χ2v) is 9.19. The van der Waals surface area contributed by atoms with E-state index in [0.29, 0.717) is 22.9 Å². The molecule has 3 aliphatic carbocycles. The van der Waals surface area contributed by atoms with Gasteiger partial charge in [-0.15, -0.1) is 0 Å². The number of cyclic esters (lactones) is 1. The molecule has 3 saturated carbocycles. The van der Waals surface area contributed by atoms with Gasteiger partial charge in [0.2, 0.25) is 0 Å². The van der Waals surface area contributed by atoms with Gasteiger partial charge in [0.25, 0.3) is 0 Å². The van der Waals surface area contributed by atoms with Crippen molar-refractivity contribution in [3.8, 4) is 0 Å². The number of carbonyl (C=O) groups is 1. The Morgan fingerprint density at radius 3 is 2.82 bits per heavy atom. The Bertz CT molecular complexity index is 536. The van der Waals surface area contributed by atoms with Gasteiger partial charge >= 0.3 is 5.97 Å². The Morgan fingerprint density at radius 2 is 2.09 bits per heavy atom. The first kappa shape index (κ1) is 14.8. The molecule has 2 heteroatoms. The van der Waals surface area contributed by atoms with Crippen LogP contribution in [0.15, 0.2) is 11.6 Å². The van der Waals surface area contributed by atoms with Crippen molar-refractivity contribution in [1.29, 1.82) is 0 Å². The molecule has 0 N–H and O–H groups in total. The van der Waals surface area contributed by atoms with Crippen molar-refractivity contribution in [2.45, 2.75) is 72.1 Å². The molecule has 2 nitrogen and oxygen atoms in total. The maximum Gasteiger partial charge on any atom is 0.331 e. The highest BCUT2D eigenvalue weighted by Crippen LogP contribution is 2.80. The zero-order valence-corrected chi connectivity index (χ0v) is 14.4. The summed E-state index contributed by atoms with van der Waals surface area (Å²) in [7, 11) is 0. The summed E-state index contributed by atoms with van der Waals surface area (Å²) in [5, 5.41) is 0. The van der Waals surface area contributed by atoms with Gasteiger partial charge in [0, 0.05) is 6.08 Å². The molecule has 0 amide bonds. The first-order valence-corrected chi connectivity index (χ1v) is 9.26. The van der Waals surface area contributed by atoms with Crippen LogP contribution >= 0.6 is 0 Å². The normalized spacial score (nSPS) is 50.0. The molecule has 122 valence electrons. The van der Waals surface area contributed by atoms with Crippen molar-refractivity contribution in [3.05, 3.63) is 11.6 Å². The van der Waals surface area contributed by atoms with Crippen LogP contribution in [0, 0.1) is 28.1 Å². The second-order valence-electron chi connectivity index (χ2n) is 9.19. The van der Waals surface area contributed by atoms with Crippen LogP contribution in [0.1, 0.15) is 72.1 Å². The molecule has 0 bridgehead atoms. The zero-order chi connectivity index (χ0) is 15.6. The highest BCUT2D eigenvalue weighted by molar-refractivity contribution is 5.85. The molecule has 1 heterocycles. The fraction of sp³-hybridized carbons (Fsp3) is 0.850. The van der Waals surface area contributed by atoms with E-state index in [1.807, 2.05) is 0 Å². The molecular weight excluding hydrogens is 272 g/mol. The minimum absolute atomic E-state index is 0.138. The maximum absolute atomic E-state index is 11.3. The van der Waals surface area contributed by atoms with Gasteiger partial charge < -0.3 is 4.74 Å². The van der Waals surface area contributed by atoms with Crippen molar-refractivity contribution in [3.63, 3.8) is 0 Å². The van der Waals surface area contributed by atoms with E-state index in [-0.39, 0.29) is 5.97 Å². The van der Waals surface area contributed by atoms with Crippen LogP contribution in [0.2, 0.25) is 0 Å². The van der Waals surface area contributed by atoms with E-state index in [9.17, 15) is 4.79 Å². The van der Waals surface area contributed by atoms with Crippen LogP contribution in [0.3, 0.4) is 0 Å². The van der Waals surface area contributed by atoms with E-state index in [4.69, 9.17) is 4.74 Å². The van der Waals surface area contributed by atoms with E-state index in [0.717, 1.165) is 18.3 Å². The summed E-state index contributed by atoms with van der Waals surface area (Å²) in [4.78, 5) is 11.3. The average Bonchev–Trinajstić information content (AvgIpc) is 2.90. The molecule has 22 heavy (non-hydrogen) atoms. The Hall–Kier alpha value is -0.790. The van der Waals surface area contributed by atoms with Gasteiger partial charge in [-0.3, -0.25) is 0 Å². The molecule has 0 aromatic heterocycles.